The van der Waals surface area contributed by atoms with Gasteiger partial charge in [0, 0.05) is 25.7 Å². The van der Waals surface area contributed by atoms with Crippen LogP contribution in [-0.4, -0.2) is 87.4 Å². The van der Waals surface area contributed by atoms with Crippen molar-refractivity contribution >= 4 is 22.6 Å². The maximum atomic E-state index is 13.8. The first kappa shape index (κ1) is 30.0. The van der Waals surface area contributed by atoms with E-state index in [0.29, 0.717) is 12.4 Å². The lowest BCUT2D eigenvalue weighted by Gasteiger charge is -2.41. The molecule has 3 aromatic rings. The summed E-state index contributed by atoms with van der Waals surface area (Å²) in [5, 5.41) is 13.9. The molecular weight excluding hydrogens is 565 g/mol. The maximum absolute atomic E-state index is 13.8. The molecule has 2 saturated heterocycles. The van der Waals surface area contributed by atoms with E-state index in [1.807, 2.05) is 11.9 Å². The van der Waals surface area contributed by atoms with Crippen LogP contribution in [0, 0.1) is 18.3 Å². The Morgan fingerprint density at radius 1 is 1.23 bits per heavy atom. The number of hydrogen-bond acceptors (Lipinski definition) is 9. The molecule has 2 atom stereocenters. The molecule has 43 heavy (non-hydrogen) atoms. The molecule has 2 aliphatic heterocycles. The summed E-state index contributed by atoms with van der Waals surface area (Å²) in [6.45, 7) is 6.89. The van der Waals surface area contributed by atoms with E-state index in [4.69, 9.17) is 4.74 Å². The van der Waals surface area contributed by atoms with Crippen LogP contribution in [0.25, 0.3) is 16.6 Å². The Morgan fingerprint density at radius 2 is 2.02 bits per heavy atom. The van der Waals surface area contributed by atoms with Gasteiger partial charge in [0.2, 0.25) is 5.91 Å². The molecule has 0 saturated carbocycles. The number of hydrogen-bond donors (Lipinski definition) is 0. The van der Waals surface area contributed by atoms with E-state index in [-0.39, 0.29) is 66.2 Å². The molecule has 0 bridgehead atoms. The van der Waals surface area contributed by atoms with Gasteiger partial charge < -0.3 is 19.4 Å². The molecule has 1 amide bonds. The van der Waals surface area contributed by atoms with Crippen molar-refractivity contribution in [1.29, 1.82) is 5.26 Å². The van der Waals surface area contributed by atoms with E-state index in [1.165, 1.54) is 31.3 Å². The van der Waals surface area contributed by atoms with Gasteiger partial charge >= 0.3 is 12.2 Å². The molecule has 0 aliphatic carbocycles. The van der Waals surface area contributed by atoms with Gasteiger partial charge in [-0.2, -0.15) is 38.2 Å². The summed E-state index contributed by atoms with van der Waals surface area (Å²) in [5.74, 6) is 0.0316. The minimum Gasteiger partial charge on any atom is -0.462 e. The lowest BCUT2D eigenvalue weighted by molar-refractivity contribution is -0.138. The van der Waals surface area contributed by atoms with E-state index in [0.717, 1.165) is 30.1 Å². The van der Waals surface area contributed by atoms with Crippen molar-refractivity contribution in [2.45, 2.75) is 44.4 Å². The minimum atomic E-state index is -4.61. The average Bonchev–Trinajstić information content (AvgIpc) is 3.40. The number of rotatable bonds is 7. The second kappa shape index (κ2) is 12.0. The number of fused-ring (bicyclic) bond motifs is 1. The Hall–Kier alpha value is -4.51. The second-order valence-corrected chi connectivity index (χ2v) is 10.7. The number of piperazine rings is 1. The van der Waals surface area contributed by atoms with E-state index in [2.05, 4.69) is 32.6 Å². The molecule has 14 heteroatoms. The molecule has 1 unspecified atom stereocenters. The van der Waals surface area contributed by atoms with Gasteiger partial charge in [-0.25, -0.2) is 0 Å². The first-order valence-corrected chi connectivity index (χ1v) is 13.9. The van der Waals surface area contributed by atoms with Crippen LogP contribution in [0.5, 0.6) is 6.01 Å². The first-order chi connectivity index (χ1) is 20.5. The lowest BCUT2D eigenvalue weighted by Crippen LogP contribution is -2.55. The highest BCUT2D eigenvalue weighted by Gasteiger charge is 2.34. The van der Waals surface area contributed by atoms with Gasteiger partial charge in [0.15, 0.2) is 0 Å². The van der Waals surface area contributed by atoms with E-state index < -0.39 is 23.3 Å². The monoisotopic (exact) mass is 596 g/mol. The normalized spacial score (nSPS) is 19.4. The van der Waals surface area contributed by atoms with Crippen molar-refractivity contribution < 1.29 is 22.7 Å². The number of likely N-dealkylation sites (tertiary alicyclic amines) is 1. The first-order valence-electron chi connectivity index (χ1n) is 13.9. The van der Waals surface area contributed by atoms with Gasteiger partial charge in [-0.05, 0) is 57.1 Å². The van der Waals surface area contributed by atoms with Gasteiger partial charge in [0.25, 0.3) is 5.56 Å². The lowest BCUT2D eigenvalue weighted by atomic mass is 10.1. The fourth-order valence-electron chi connectivity index (χ4n) is 5.72. The summed E-state index contributed by atoms with van der Waals surface area (Å²) < 4.78 is 47.8. The predicted molar refractivity (Wildman–Crippen MR) is 152 cm³/mol. The van der Waals surface area contributed by atoms with Crippen LogP contribution in [0.2, 0.25) is 0 Å². The third-order valence-corrected chi connectivity index (χ3v) is 8.08. The highest BCUT2D eigenvalue weighted by atomic mass is 19.4. The zero-order valence-electron chi connectivity index (χ0n) is 23.8. The predicted octanol–water partition coefficient (Wildman–Crippen LogP) is 3.09. The number of carbonyl (C=O) groups excluding carboxylic acids is 1. The molecular formula is C29H31F3N8O3. The Kier molecular flexibility index (Phi) is 8.36. The molecule has 4 heterocycles. The summed E-state index contributed by atoms with van der Waals surface area (Å²) in [5.41, 5.74) is -1.86. The van der Waals surface area contributed by atoms with Crippen LogP contribution >= 0.6 is 0 Å². The molecule has 2 aromatic heterocycles. The number of nitrogens with zero attached hydrogens (tertiary/aromatic N) is 8. The average molecular weight is 597 g/mol. The van der Waals surface area contributed by atoms with E-state index in [1.54, 1.807) is 4.90 Å². The molecule has 226 valence electrons. The van der Waals surface area contributed by atoms with Crippen LogP contribution < -0.4 is 15.2 Å². The Balaban J connectivity index is 1.61. The fraction of sp³-hybridized carbons (Fsp3) is 0.448. The largest absolute Gasteiger partial charge is 0.462 e. The van der Waals surface area contributed by atoms with Gasteiger partial charge in [-0.1, -0.05) is 12.6 Å². The van der Waals surface area contributed by atoms with Crippen LogP contribution in [0.1, 0.15) is 30.4 Å². The zero-order chi connectivity index (χ0) is 30.9. The minimum absolute atomic E-state index is 0.0254. The number of aromatic nitrogens is 4. The van der Waals surface area contributed by atoms with Gasteiger partial charge in [0.1, 0.15) is 17.9 Å². The summed E-state index contributed by atoms with van der Waals surface area (Å²) in [7, 11) is 1.99. The quantitative estimate of drug-likeness (QED) is 0.379. The summed E-state index contributed by atoms with van der Waals surface area (Å²) >= 11 is 0. The standard InChI is InChI=1S/C29H31F3N8O3/c1-4-24(41)39-14-13-38(16-19(39)10-11-33)26-21-15-34-40(23-9-5-8-22(18(23)2)29(30,31)32)27(42)25(21)35-28(36-26)43-17-20-7-6-12-37(20)3/h4-5,8-9,15,19-20H,1,6-7,10,12-14,16-17H2,2-3H3/t19?,20-/m0/s1. The van der Waals surface area contributed by atoms with Crippen LogP contribution in [0.4, 0.5) is 19.0 Å². The topological polar surface area (TPSA) is 120 Å². The zero-order valence-corrected chi connectivity index (χ0v) is 23.8. The number of ether oxygens (including phenoxy) is 1. The number of benzene rings is 1. The number of carbonyl (C=O) groups is 1. The number of alkyl halides is 3. The Morgan fingerprint density at radius 3 is 2.70 bits per heavy atom. The molecule has 11 nitrogen and oxygen atoms in total. The molecule has 2 aliphatic rings. The number of likely N-dealkylation sites (N-methyl/N-ethyl adjacent to an activating group) is 1. The molecule has 5 rings (SSSR count). The number of amides is 1. The van der Waals surface area contributed by atoms with Crippen LogP contribution in [-0.2, 0) is 11.0 Å². The SMILES string of the molecule is C=CC(=O)N1CCN(c2nc(OC[C@@H]3CCCN3C)nc3c(=O)n(-c4cccc(C(F)(F)F)c4C)ncc23)CC1CC#N. The smallest absolute Gasteiger partial charge is 0.416 e. The Bertz CT molecular complexity index is 1650. The summed E-state index contributed by atoms with van der Waals surface area (Å²) in [4.78, 5) is 40.9. The van der Waals surface area contributed by atoms with Crippen molar-refractivity contribution in [2.24, 2.45) is 0 Å². The molecule has 0 spiro atoms. The van der Waals surface area contributed by atoms with E-state index >= 15 is 0 Å². The van der Waals surface area contributed by atoms with Crippen molar-refractivity contribution in [1.82, 2.24) is 29.5 Å². The highest BCUT2D eigenvalue weighted by molar-refractivity contribution is 5.90. The van der Waals surface area contributed by atoms with Crippen LogP contribution in [0.3, 0.4) is 0 Å². The van der Waals surface area contributed by atoms with E-state index in [9.17, 15) is 28.0 Å². The second-order valence-electron chi connectivity index (χ2n) is 10.7. The fourth-order valence-corrected chi connectivity index (χ4v) is 5.72. The van der Waals surface area contributed by atoms with Crippen molar-refractivity contribution in [3.05, 3.63) is 58.5 Å². The van der Waals surface area contributed by atoms with Crippen LogP contribution in [0.15, 0.2) is 41.8 Å². The third-order valence-electron chi connectivity index (χ3n) is 8.08. The summed E-state index contributed by atoms with van der Waals surface area (Å²) in [6, 6.07) is 5.30. The Labute approximate surface area is 245 Å². The highest BCUT2D eigenvalue weighted by Crippen LogP contribution is 2.34. The van der Waals surface area contributed by atoms with Gasteiger partial charge in [0.05, 0.1) is 41.4 Å². The summed E-state index contributed by atoms with van der Waals surface area (Å²) in [6.07, 6.45) is -0.0441. The third kappa shape index (κ3) is 5.90. The number of anilines is 1. The number of halogens is 3. The molecule has 2 fully saturated rings. The maximum Gasteiger partial charge on any atom is 0.416 e. The molecule has 1 aromatic carbocycles. The van der Waals surface area contributed by atoms with Gasteiger partial charge in [-0.15, -0.1) is 0 Å². The molecule has 0 N–H and O–H groups in total. The van der Waals surface area contributed by atoms with Crippen molar-refractivity contribution in [3.8, 4) is 17.8 Å². The number of nitriles is 1. The van der Waals surface area contributed by atoms with Gasteiger partial charge in [-0.3, -0.25) is 9.59 Å². The van der Waals surface area contributed by atoms with Crippen molar-refractivity contribution in [2.75, 3.05) is 44.7 Å². The molecule has 0 radical (unpaired) electrons. The van der Waals surface area contributed by atoms with Crippen molar-refractivity contribution in [3.63, 3.8) is 0 Å².